The average Bonchev–Trinajstić information content (AvgIpc) is 3.76. The Kier molecular flexibility index (Phi) is 11.1. The quantitative estimate of drug-likeness (QED) is 0.166. The fourth-order valence-electron chi connectivity index (χ4n) is 8.11. The Morgan fingerprint density at radius 1 is 0.615 bits per heavy atom. The average molecular weight is 842 g/mol. The van der Waals surface area contributed by atoms with Crippen LogP contribution in [0, 0.1) is 0 Å². The zero-order valence-corrected chi connectivity index (χ0v) is 36.1. The van der Waals surface area contributed by atoms with E-state index in [0.29, 0.717) is 0 Å². The van der Waals surface area contributed by atoms with E-state index in [4.69, 9.17) is 23.2 Å². The van der Waals surface area contributed by atoms with Crippen LogP contribution in [0.25, 0.3) is 32.7 Å². The summed E-state index contributed by atoms with van der Waals surface area (Å²) < 4.78 is 4.73. The Morgan fingerprint density at radius 2 is 1.17 bits per heavy atom. The zero-order chi connectivity index (χ0) is 34.9. The van der Waals surface area contributed by atoms with E-state index in [0.717, 1.165) is 33.7 Å². The van der Waals surface area contributed by atoms with Gasteiger partial charge in [0.1, 0.15) is 0 Å². The molecule has 0 N–H and O–H groups in total. The first-order chi connectivity index (χ1) is 23.9. The summed E-state index contributed by atoms with van der Waals surface area (Å²) in [4.78, 5) is 0. The molecule has 0 aliphatic heterocycles. The molecule has 0 amide bonds. The normalized spacial score (nSPS) is 13.3. The summed E-state index contributed by atoms with van der Waals surface area (Å²) >= 11 is 10.8. The minimum atomic E-state index is -3.10. The fourth-order valence-corrected chi connectivity index (χ4v) is 17.7. The van der Waals surface area contributed by atoms with Gasteiger partial charge in [0, 0.05) is 0 Å². The van der Waals surface area contributed by atoms with E-state index >= 15 is 0 Å². The summed E-state index contributed by atoms with van der Waals surface area (Å²) in [7, 11) is 0. The second-order valence-corrected chi connectivity index (χ2v) is 22.6. The van der Waals surface area contributed by atoms with Gasteiger partial charge in [-0.25, -0.2) is 0 Å². The number of fused-ring (bicyclic) bond motifs is 5. The van der Waals surface area contributed by atoms with Crippen molar-refractivity contribution in [3.05, 3.63) is 168 Å². The van der Waals surface area contributed by atoms with Crippen molar-refractivity contribution >= 4 is 76.0 Å². The maximum absolute atomic E-state index is 6.95. The van der Waals surface area contributed by atoms with E-state index in [1.165, 1.54) is 58.5 Å². The Balaban J connectivity index is 0.00000232. The SMILES string of the molecule is CC(C)(C)c1ccc2c(c1)Cc1c-2ccc(C(C)(C)C)[c]1[Zr]([C]1=CC=CC1)=[C](c1ccc(Cl)c2ccccc12)c1ccc(Cl)c2ccccc12.Cl.Cl. The van der Waals surface area contributed by atoms with Gasteiger partial charge in [0.05, 0.1) is 0 Å². The molecule has 52 heavy (non-hydrogen) atoms. The van der Waals surface area contributed by atoms with Crippen LogP contribution in [0.15, 0.2) is 125 Å². The van der Waals surface area contributed by atoms with E-state index < -0.39 is 21.3 Å². The Hall–Kier alpha value is -2.77. The van der Waals surface area contributed by atoms with Crippen LogP contribution in [0.5, 0.6) is 0 Å². The van der Waals surface area contributed by atoms with Crippen LogP contribution in [0.4, 0.5) is 0 Å². The first-order valence-corrected chi connectivity index (χ1v) is 22.1. The number of benzene rings is 6. The molecule has 0 radical (unpaired) electrons. The van der Waals surface area contributed by atoms with Crippen molar-refractivity contribution in [3.8, 4) is 11.1 Å². The first-order valence-electron chi connectivity index (χ1n) is 17.7. The van der Waals surface area contributed by atoms with Gasteiger partial charge in [0.25, 0.3) is 0 Å². The summed E-state index contributed by atoms with van der Waals surface area (Å²) in [6, 6.07) is 38.4. The summed E-state index contributed by atoms with van der Waals surface area (Å²) in [6.45, 7) is 14.2. The summed E-state index contributed by atoms with van der Waals surface area (Å²) in [5.41, 5.74) is 11.3. The van der Waals surface area contributed by atoms with Gasteiger partial charge in [0.15, 0.2) is 0 Å². The van der Waals surface area contributed by atoms with E-state index in [2.05, 4.69) is 163 Å². The first kappa shape index (κ1) is 38.9. The van der Waals surface area contributed by atoms with E-state index in [1.807, 2.05) is 0 Å². The number of hydrogen-bond donors (Lipinski definition) is 0. The monoisotopic (exact) mass is 838 g/mol. The van der Waals surface area contributed by atoms with E-state index in [1.54, 1.807) is 6.55 Å². The smallest absolute Gasteiger partial charge is 0.147 e. The Labute approximate surface area is 338 Å². The second kappa shape index (κ2) is 14.8. The van der Waals surface area contributed by atoms with Crippen molar-refractivity contribution < 1.29 is 21.3 Å². The number of allylic oxidation sites excluding steroid dienone is 4. The van der Waals surface area contributed by atoms with Gasteiger partial charge in [-0.05, 0) is 0 Å². The molecule has 0 aromatic heterocycles. The molecule has 0 atom stereocenters. The van der Waals surface area contributed by atoms with Gasteiger partial charge in [-0.3, -0.25) is 0 Å². The van der Waals surface area contributed by atoms with Crippen LogP contribution in [0.2, 0.25) is 10.0 Å². The number of rotatable bonds is 4. The third kappa shape index (κ3) is 6.76. The topological polar surface area (TPSA) is 0 Å². The summed E-state index contributed by atoms with van der Waals surface area (Å²) in [5, 5.41) is 6.19. The molecular weight excluding hydrogens is 798 g/mol. The molecule has 264 valence electrons. The molecule has 0 saturated heterocycles. The predicted molar refractivity (Wildman–Crippen MR) is 229 cm³/mol. The van der Waals surface area contributed by atoms with Crippen molar-refractivity contribution in [2.45, 2.75) is 65.2 Å². The molecule has 0 heterocycles. The molecule has 0 unspecified atom stereocenters. The Morgan fingerprint density at radius 3 is 1.69 bits per heavy atom. The molecule has 0 bridgehead atoms. The van der Waals surface area contributed by atoms with Gasteiger partial charge in [-0.1, -0.05) is 0 Å². The van der Waals surface area contributed by atoms with Crippen molar-refractivity contribution in [1.82, 2.24) is 0 Å². The molecular formula is C47H44Cl4Zr. The van der Waals surface area contributed by atoms with Gasteiger partial charge >= 0.3 is 317 Å². The molecule has 0 nitrogen and oxygen atoms in total. The zero-order valence-electron chi connectivity index (χ0n) is 30.5. The predicted octanol–water partition coefficient (Wildman–Crippen LogP) is 13.7. The van der Waals surface area contributed by atoms with Gasteiger partial charge in [-0.15, -0.1) is 24.8 Å². The van der Waals surface area contributed by atoms with Crippen LogP contribution in [0.1, 0.15) is 81.3 Å². The van der Waals surface area contributed by atoms with Crippen LogP contribution < -0.4 is 3.27 Å². The number of hydrogen-bond acceptors (Lipinski definition) is 0. The fraction of sp³-hybridized carbons (Fsp3) is 0.213. The molecule has 6 aromatic rings. The molecule has 0 saturated carbocycles. The third-order valence-corrected chi connectivity index (χ3v) is 19.0. The van der Waals surface area contributed by atoms with Gasteiger partial charge < -0.3 is 0 Å². The molecule has 0 spiro atoms. The van der Waals surface area contributed by atoms with Gasteiger partial charge in [-0.2, -0.15) is 0 Å². The van der Waals surface area contributed by atoms with Crippen molar-refractivity contribution in [1.29, 1.82) is 0 Å². The largest absolute Gasteiger partial charge is 0.147 e. The minimum absolute atomic E-state index is 0. The number of halogens is 4. The molecule has 2 aliphatic carbocycles. The standard InChI is InChI=1S/C21H12Cl2.C21H25.C5H5.2ClH.Zr/c22-20-11-9-14(16-5-1-3-7-18(16)20)13-15-10-12-21(23)19-8-4-2-6-17(15)19;1-20(2,3)16-7-9-18-14(12-16)11-15-13-17(21(4,5)6)8-10-19(15)18;1-2-4-5-3-1;;;/h1-12H;7-10,12H,11H2,1-6H3;1-3H,4H2;2*1H;. The molecule has 0 fully saturated rings. The minimum Gasteiger partial charge on any atom is -0.147 e. The van der Waals surface area contributed by atoms with Crippen LogP contribution in [-0.4, -0.2) is 3.21 Å². The second-order valence-electron chi connectivity index (χ2n) is 15.9. The van der Waals surface area contributed by atoms with Crippen LogP contribution in [0.3, 0.4) is 0 Å². The Bertz CT molecular complexity index is 2380. The van der Waals surface area contributed by atoms with Crippen LogP contribution >= 0.6 is 48.0 Å². The maximum Gasteiger partial charge on any atom is -0.147 e. The van der Waals surface area contributed by atoms with Crippen molar-refractivity contribution in [2.24, 2.45) is 0 Å². The molecule has 8 rings (SSSR count). The van der Waals surface area contributed by atoms with Crippen molar-refractivity contribution in [3.63, 3.8) is 0 Å². The summed E-state index contributed by atoms with van der Waals surface area (Å²) in [6.07, 6.45) is 9.06. The molecule has 2 aliphatic rings. The summed E-state index contributed by atoms with van der Waals surface area (Å²) in [5.74, 6) is 0. The third-order valence-electron chi connectivity index (χ3n) is 10.6. The molecule has 6 aromatic carbocycles. The molecule has 5 heteroatoms. The van der Waals surface area contributed by atoms with E-state index in [-0.39, 0.29) is 35.6 Å². The van der Waals surface area contributed by atoms with Gasteiger partial charge in [0.2, 0.25) is 0 Å². The van der Waals surface area contributed by atoms with Crippen LogP contribution in [-0.2, 0) is 38.5 Å². The van der Waals surface area contributed by atoms with Crippen molar-refractivity contribution in [2.75, 3.05) is 0 Å². The maximum atomic E-state index is 6.95. The van der Waals surface area contributed by atoms with E-state index in [9.17, 15) is 0 Å².